The number of carbonyl (C=O) groups is 1. The van der Waals surface area contributed by atoms with Gasteiger partial charge in [-0.1, -0.05) is 0 Å². The first-order valence-electron chi connectivity index (χ1n) is 12.8. The molecule has 2 bridgehead atoms. The standard InChI is InChI=1S/C28H28N6O4/c1-28-25(37-3)15(31-2)10-18(38-28)33-16-6-4-11(29)8-13(16)19-21-22(27(36)32-26(21)35)20-14-9-12(30)5-7-17(14)34(28)24(20)23(19)33/h4-9,15,18,25,27,31,36H,10,29-30H2,1-3H3,(H,32,35)/t15?,18-,25?,27?,28+/m1/s1. The van der Waals surface area contributed by atoms with Gasteiger partial charge in [0.2, 0.25) is 0 Å². The molecule has 2 aromatic heterocycles. The number of aliphatic hydroxyl groups excluding tert-OH is 1. The van der Waals surface area contributed by atoms with Crippen LogP contribution in [-0.2, 0) is 15.2 Å². The van der Waals surface area contributed by atoms with Crippen LogP contribution in [0.5, 0.6) is 0 Å². The van der Waals surface area contributed by atoms with E-state index < -0.39 is 12.0 Å². The third-order valence-corrected chi connectivity index (χ3v) is 8.88. The Morgan fingerprint density at radius 1 is 1.11 bits per heavy atom. The lowest BCUT2D eigenvalue weighted by Crippen LogP contribution is -2.59. The highest BCUT2D eigenvalue weighted by molar-refractivity contribution is 6.31. The van der Waals surface area contributed by atoms with E-state index in [4.69, 9.17) is 20.9 Å². The van der Waals surface area contributed by atoms with Crippen LogP contribution in [0.25, 0.3) is 43.6 Å². The van der Waals surface area contributed by atoms with Crippen molar-refractivity contribution in [3.8, 4) is 0 Å². The molecule has 1 fully saturated rings. The number of rotatable bonds is 2. The van der Waals surface area contributed by atoms with Gasteiger partial charge in [0.1, 0.15) is 12.3 Å². The maximum Gasteiger partial charge on any atom is 0.254 e. The van der Waals surface area contributed by atoms with Crippen LogP contribution in [-0.4, -0.2) is 46.5 Å². The third kappa shape index (κ3) is 2.36. The molecule has 10 nitrogen and oxygen atoms in total. The van der Waals surface area contributed by atoms with Gasteiger partial charge in [0.15, 0.2) is 12.0 Å². The number of amides is 1. The lowest BCUT2D eigenvalue weighted by molar-refractivity contribution is -0.256. The molecule has 0 aliphatic carbocycles. The third-order valence-electron chi connectivity index (χ3n) is 8.88. The molecular formula is C28H28N6O4. The Labute approximate surface area is 217 Å². The number of anilines is 2. The number of nitrogen functional groups attached to an aromatic ring is 2. The Morgan fingerprint density at radius 3 is 2.47 bits per heavy atom. The van der Waals surface area contributed by atoms with Gasteiger partial charge in [-0.2, -0.15) is 0 Å². The molecule has 3 aliphatic rings. The van der Waals surface area contributed by atoms with Crippen molar-refractivity contribution in [2.24, 2.45) is 0 Å². The number of hydrogen-bond donors (Lipinski definition) is 5. The van der Waals surface area contributed by atoms with Crippen molar-refractivity contribution in [2.75, 3.05) is 25.6 Å². The second-order valence-corrected chi connectivity index (χ2v) is 10.8. The summed E-state index contributed by atoms with van der Waals surface area (Å²) < 4.78 is 17.6. The molecule has 3 aliphatic heterocycles. The predicted molar refractivity (Wildman–Crippen MR) is 146 cm³/mol. The van der Waals surface area contributed by atoms with Crippen molar-refractivity contribution >= 4 is 60.9 Å². The number of ether oxygens (including phenoxy) is 2. The zero-order valence-electron chi connectivity index (χ0n) is 21.2. The van der Waals surface area contributed by atoms with Gasteiger partial charge in [0.25, 0.3) is 5.91 Å². The number of nitrogens with two attached hydrogens (primary N) is 2. The zero-order valence-corrected chi connectivity index (χ0v) is 21.2. The highest BCUT2D eigenvalue weighted by Gasteiger charge is 2.53. The normalized spacial score (nSPS) is 28.1. The quantitative estimate of drug-likeness (QED) is 0.229. The highest BCUT2D eigenvalue weighted by atomic mass is 16.6. The SMILES string of the molecule is CNC1C[C@H]2O[C@@](C)(C1OC)n1c3ccc(N)cc3c3c4c(c5c6cc(N)ccc6n2c5c31)C(=O)NC4O. The van der Waals surface area contributed by atoms with Crippen molar-refractivity contribution < 1.29 is 19.4 Å². The molecule has 10 heteroatoms. The molecule has 5 aromatic rings. The lowest BCUT2D eigenvalue weighted by atomic mass is 9.93. The summed E-state index contributed by atoms with van der Waals surface area (Å²) in [6.07, 6.45) is -1.20. The fraction of sp³-hybridized carbons (Fsp3) is 0.321. The smallest absolute Gasteiger partial charge is 0.254 e. The number of carbonyl (C=O) groups excluding carboxylic acids is 1. The van der Waals surface area contributed by atoms with Gasteiger partial charge in [-0.15, -0.1) is 0 Å². The van der Waals surface area contributed by atoms with Gasteiger partial charge >= 0.3 is 0 Å². The summed E-state index contributed by atoms with van der Waals surface area (Å²) in [5.41, 5.74) is 17.4. The van der Waals surface area contributed by atoms with Gasteiger partial charge in [-0.3, -0.25) is 4.79 Å². The molecule has 5 heterocycles. The summed E-state index contributed by atoms with van der Waals surface area (Å²) in [6.45, 7) is 2.05. The van der Waals surface area contributed by atoms with Gasteiger partial charge in [0.05, 0.1) is 27.6 Å². The number of benzene rings is 3. The Morgan fingerprint density at radius 2 is 1.79 bits per heavy atom. The second-order valence-electron chi connectivity index (χ2n) is 10.8. The average Bonchev–Trinajstić information content (AvgIpc) is 3.47. The first-order chi connectivity index (χ1) is 18.3. The Kier molecular flexibility index (Phi) is 4.07. The molecule has 194 valence electrons. The van der Waals surface area contributed by atoms with Crippen LogP contribution in [0.15, 0.2) is 36.4 Å². The average molecular weight is 513 g/mol. The molecule has 38 heavy (non-hydrogen) atoms. The van der Waals surface area contributed by atoms with E-state index in [9.17, 15) is 9.90 Å². The fourth-order valence-electron chi connectivity index (χ4n) is 7.52. The fourth-order valence-corrected chi connectivity index (χ4v) is 7.52. The van der Waals surface area contributed by atoms with E-state index in [0.29, 0.717) is 28.9 Å². The minimum atomic E-state index is -1.17. The summed E-state index contributed by atoms with van der Waals surface area (Å²) in [7, 11) is 3.65. The minimum Gasteiger partial charge on any atom is -0.399 e. The van der Waals surface area contributed by atoms with E-state index in [-0.39, 0.29) is 24.3 Å². The maximum atomic E-state index is 13.5. The predicted octanol–water partition coefficient (Wildman–Crippen LogP) is 3.01. The van der Waals surface area contributed by atoms with E-state index in [1.54, 1.807) is 7.11 Å². The van der Waals surface area contributed by atoms with E-state index in [1.165, 1.54) is 0 Å². The number of hydrogen-bond acceptors (Lipinski definition) is 7. The molecule has 0 spiro atoms. The zero-order chi connectivity index (χ0) is 26.2. The highest BCUT2D eigenvalue weighted by Crippen LogP contribution is 2.54. The van der Waals surface area contributed by atoms with Crippen molar-refractivity contribution in [1.29, 1.82) is 0 Å². The summed E-state index contributed by atoms with van der Waals surface area (Å²) in [5, 5.41) is 20.7. The van der Waals surface area contributed by atoms with Crippen LogP contribution in [0, 0.1) is 0 Å². The topological polar surface area (TPSA) is 142 Å². The van der Waals surface area contributed by atoms with Gasteiger partial charge < -0.3 is 45.8 Å². The number of aromatic nitrogens is 2. The van der Waals surface area contributed by atoms with Crippen LogP contribution in [0.1, 0.15) is 41.7 Å². The van der Waals surface area contributed by atoms with Crippen molar-refractivity contribution in [3.63, 3.8) is 0 Å². The van der Waals surface area contributed by atoms with E-state index >= 15 is 0 Å². The first kappa shape index (κ1) is 22.2. The Hall–Kier alpha value is -3.83. The number of methoxy groups -OCH3 is 1. The van der Waals surface area contributed by atoms with Gasteiger partial charge in [-0.25, -0.2) is 0 Å². The monoisotopic (exact) mass is 512 g/mol. The van der Waals surface area contributed by atoms with Crippen LogP contribution in [0.2, 0.25) is 0 Å². The van der Waals surface area contributed by atoms with Crippen molar-refractivity contribution in [2.45, 2.75) is 43.7 Å². The summed E-state index contributed by atoms with van der Waals surface area (Å²) in [4.78, 5) is 13.5. The molecule has 0 radical (unpaired) electrons. The molecule has 1 saturated heterocycles. The van der Waals surface area contributed by atoms with Gasteiger partial charge in [-0.05, 0) is 50.4 Å². The first-order valence-corrected chi connectivity index (χ1v) is 12.8. The number of likely N-dealkylation sites (N-methyl/N-ethyl adjacent to an activating group) is 1. The minimum absolute atomic E-state index is 0.0265. The van der Waals surface area contributed by atoms with Gasteiger partial charge in [0, 0.05) is 58.1 Å². The Bertz CT molecular complexity index is 1890. The Balaban J connectivity index is 1.73. The number of nitrogens with one attached hydrogen (secondary N) is 2. The molecular weight excluding hydrogens is 484 g/mol. The molecule has 0 saturated carbocycles. The summed E-state index contributed by atoms with van der Waals surface area (Å²) >= 11 is 0. The van der Waals surface area contributed by atoms with E-state index in [0.717, 1.165) is 43.6 Å². The molecule has 5 atom stereocenters. The van der Waals surface area contributed by atoms with Crippen molar-refractivity contribution in [3.05, 3.63) is 47.5 Å². The van der Waals surface area contributed by atoms with E-state index in [2.05, 4.69) is 26.7 Å². The molecule has 3 unspecified atom stereocenters. The second kappa shape index (κ2) is 6.97. The number of aliphatic hydroxyl groups is 1. The van der Waals surface area contributed by atoms with Crippen molar-refractivity contribution in [1.82, 2.24) is 19.8 Å². The molecule has 7 N–H and O–H groups in total. The maximum absolute atomic E-state index is 13.5. The van der Waals surface area contributed by atoms with Crippen LogP contribution in [0.3, 0.4) is 0 Å². The largest absolute Gasteiger partial charge is 0.399 e. The molecule has 8 rings (SSSR count). The number of fused-ring (bicyclic) bond motifs is 13. The lowest BCUT2D eigenvalue weighted by Gasteiger charge is -2.48. The van der Waals surface area contributed by atoms with Crippen LogP contribution < -0.4 is 22.1 Å². The van der Waals surface area contributed by atoms with Crippen LogP contribution >= 0.6 is 0 Å². The van der Waals surface area contributed by atoms with Crippen LogP contribution in [0.4, 0.5) is 11.4 Å². The summed E-state index contributed by atoms with van der Waals surface area (Å²) in [6, 6.07) is 11.5. The molecule has 1 amide bonds. The molecule has 3 aromatic carbocycles. The van der Waals surface area contributed by atoms with E-state index in [1.807, 2.05) is 43.4 Å². The summed E-state index contributed by atoms with van der Waals surface area (Å²) in [5.74, 6) is -0.317. The number of nitrogens with zero attached hydrogens (tertiary/aromatic N) is 2.